The number of benzene rings is 1. The van der Waals surface area contributed by atoms with Crippen molar-refractivity contribution in [3.8, 4) is 11.5 Å². The van der Waals surface area contributed by atoms with Crippen molar-refractivity contribution in [3.63, 3.8) is 0 Å². The van der Waals surface area contributed by atoms with Crippen LogP contribution in [-0.2, 0) is 13.0 Å². The Kier molecular flexibility index (Phi) is 6.10. The molecule has 37 heavy (non-hydrogen) atoms. The molecule has 15 heteroatoms. The van der Waals surface area contributed by atoms with Crippen LogP contribution in [0.15, 0.2) is 29.4 Å². The van der Waals surface area contributed by atoms with Crippen molar-refractivity contribution in [1.82, 2.24) is 34.8 Å². The Morgan fingerprint density at radius 2 is 1.68 bits per heavy atom. The number of aromatic nitrogens is 6. The van der Waals surface area contributed by atoms with Gasteiger partial charge in [0.15, 0.2) is 40.1 Å². The summed E-state index contributed by atoms with van der Waals surface area (Å²) in [6.45, 7) is 1.85. The lowest BCUT2D eigenvalue weighted by Gasteiger charge is -2.25. The van der Waals surface area contributed by atoms with Crippen LogP contribution in [0.25, 0.3) is 11.2 Å². The highest BCUT2D eigenvalue weighted by Gasteiger charge is 2.20. The number of nitrogen functional groups attached to an aromatic ring is 4. The van der Waals surface area contributed by atoms with Crippen LogP contribution in [0.2, 0.25) is 0 Å². The first-order chi connectivity index (χ1) is 17.7. The van der Waals surface area contributed by atoms with Crippen molar-refractivity contribution < 1.29 is 10.2 Å². The van der Waals surface area contributed by atoms with Crippen molar-refractivity contribution in [1.29, 1.82) is 0 Å². The molecule has 5 rings (SSSR count). The highest BCUT2D eigenvalue weighted by Crippen LogP contribution is 2.32. The molecular formula is C22H25N13O2. The molecule has 0 spiro atoms. The summed E-state index contributed by atoms with van der Waals surface area (Å²) in [7, 11) is 0. The second-order valence-corrected chi connectivity index (χ2v) is 8.48. The molecule has 0 fully saturated rings. The van der Waals surface area contributed by atoms with E-state index in [1.165, 1.54) is 12.1 Å². The molecule has 0 unspecified atom stereocenters. The number of nitrogens with one attached hydrogen (secondary N) is 1. The maximum atomic E-state index is 9.87. The summed E-state index contributed by atoms with van der Waals surface area (Å²) < 4.78 is 0. The standard InChI is InChI=1S/C22H25N13O2/c23-17-15-19(33-21(25)31-17)27-6-11(29-15)8-35(4-3-10-1-2-13(36)14(37)5-10)9-12-7-28-20-16(30-12)18(24)32-22(26)34-20/h1-2,5-6,36-37H,3-4,7-9H2,(H4,23,25,27,31,33)(H5,24,26,28,32,34). The Morgan fingerprint density at radius 1 is 0.892 bits per heavy atom. The predicted octanol–water partition coefficient (Wildman–Crippen LogP) is 0.193. The molecular weight excluding hydrogens is 478 g/mol. The van der Waals surface area contributed by atoms with E-state index in [-0.39, 0.29) is 35.0 Å². The molecule has 4 heterocycles. The number of aromatic hydroxyl groups is 2. The molecule has 0 atom stereocenters. The first-order valence-corrected chi connectivity index (χ1v) is 11.3. The molecule has 4 aromatic rings. The fourth-order valence-electron chi connectivity index (χ4n) is 3.97. The van der Waals surface area contributed by atoms with Gasteiger partial charge in [0.1, 0.15) is 5.69 Å². The van der Waals surface area contributed by atoms with Crippen LogP contribution in [0.3, 0.4) is 0 Å². The molecule has 3 aromatic heterocycles. The van der Waals surface area contributed by atoms with E-state index in [1.54, 1.807) is 12.3 Å². The molecule has 190 valence electrons. The van der Waals surface area contributed by atoms with Crippen molar-refractivity contribution in [2.45, 2.75) is 13.0 Å². The quantitative estimate of drug-likeness (QED) is 0.166. The van der Waals surface area contributed by atoms with Crippen LogP contribution in [0.1, 0.15) is 11.3 Å². The van der Waals surface area contributed by atoms with E-state index >= 15 is 0 Å². The number of hydrogen-bond donors (Lipinski definition) is 7. The van der Waals surface area contributed by atoms with Crippen molar-refractivity contribution in [2.24, 2.45) is 4.99 Å². The van der Waals surface area contributed by atoms with Gasteiger partial charge in [0.05, 0.1) is 24.1 Å². The van der Waals surface area contributed by atoms with Gasteiger partial charge in [0, 0.05) is 19.6 Å². The lowest BCUT2D eigenvalue weighted by Crippen LogP contribution is -2.35. The number of phenols is 2. The third kappa shape index (κ3) is 5.15. The van der Waals surface area contributed by atoms with Gasteiger partial charge in [-0.15, -0.1) is 0 Å². The van der Waals surface area contributed by atoms with E-state index in [1.807, 2.05) is 0 Å². The van der Waals surface area contributed by atoms with Gasteiger partial charge in [0.2, 0.25) is 11.9 Å². The molecule has 0 aliphatic carbocycles. The van der Waals surface area contributed by atoms with Gasteiger partial charge in [-0.3, -0.25) is 4.90 Å². The Labute approximate surface area is 210 Å². The average molecular weight is 504 g/mol. The molecule has 0 amide bonds. The summed E-state index contributed by atoms with van der Waals surface area (Å²) in [6, 6.07) is 4.74. The van der Waals surface area contributed by atoms with Gasteiger partial charge in [-0.1, -0.05) is 6.07 Å². The smallest absolute Gasteiger partial charge is 0.224 e. The Balaban J connectivity index is 1.41. The number of phenolic OH excluding ortho intramolecular Hbond substituents is 2. The van der Waals surface area contributed by atoms with Gasteiger partial charge >= 0.3 is 0 Å². The van der Waals surface area contributed by atoms with Crippen LogP contribution in [0.4, 0.5) is 35.0 Å². The summed E-state index contributed by atoms with van der Waals surface area (Å²) in [5.41, 5.74) is 26.7. The number of nitrogens with zero attached hydrogens (tertiary/aromatic N) is 8. The van der Waals surface area contributed by atoms with E-state index in [2.05, 4.69) is 45.1 Å². The Hall–Kier alpha value is -5.05. The Morgan fingerprint density at radius 3 is 2.49 bits per heavy atom. The highest BCUT2D eigenvalue weighted by molar-refractivity contribution is 5.98. The third-order valence-corrected chi connectivity index (χ3v) is 5.71. The topological polar surface area (TPSA) is 250 Å². The number of rotatable bonds is 7. The van der Waals surface area contributed by atoms with Crippen LogP contribution in [0, 0.1) is 0 Å². The van der Waals surface area contributed by atoms with Gasteiger partial charge in [-0.05, 0) is 24.1 Å². The zero-order valence-electron chi connectivity index (χ0n) is 19.6. The van der Waals surface area contributed by atoms with Crippen LogP contribution in [0.5, 0.6) is 11.5 Å². The minimum Gasteiger partial charge on any atom is -0.504 e. The number of hydrogen-bond acceptors (Lipinski definition) is 15. The maximum absolute atomic E-state index is 9.87. The second kappa shape index (κ2) is 9.54. The van der Waals surface area contributed by atoms with E-state index in [9.17, 15) is 10.2 Å². The molecule has 15 nitrogen and oxygen atoms in total. The minimum absolute atomic E-state index is 0.0268. The maximum Gasteiger partial charge on any atom is 0.224 e. The molecule has 0 saturated carbocycles. The van der Waals surface area contributed by atoms with Gasteiger partial charge < -0.3 is 38.5 Å². The van der Waals surface area contributed by atoms with E-state index in [4.69, 9.17) is 22.9 Å². The molecule has 1 aliphatic heterocycles. The minimum atomic E-state index is -0.175. The second-order valence-electron chi connectivity index (χ2n) is 8.48. The van der Waals surface area contributed by atoms with Crippen molar-refractivity contribution in [3.05, 3.63) is 35.7 Å². The molecule has 0 saturated heterocycles. The summed E-state index contributed by atoms with van der Waals surface area (Å²) >= 11 is 0. The zero-order valence-corrected chi connectivity index (χ0v) is 19.6. The fraction of sp³-hybridized carbons (Fsp3) is 0.227. The lowest BCUT2D eigenvalue weighted by molar-refractivity contribution is 0.302. The van der Waals surface area contributed by atoms with E-state index in [0.29, 0.717) is 61.0 Å². The normalized spacial score (nSPS) is 12.8. The molecule has 1 aliphatic rings. The van der Waals surface area contributed by atoms with Crippen molar-refractivity contribution in [2.75, 3.05) is 47.9 Å². The average Bonchev–Trinajstić information content (AvgIpc) is 2.85. The van der Waals surface area contributed by atoms with Gasteiger partial charge in [-0.25, -0.2) is 15.0 Å². The van der Waals surface area contributed by atoms with Crippen molar-refractivity contribution >= 4 is 51.9 Å². The van der Waals surface area contributed by atoms with E-state index < -0.39 is 0 Å². The Bertz CT molecular complexity index is 1520. The lowest BCUT2D eigenvalue weighted by atomic mass is 10.1. The van der Waals surface area contributed by atoms with Crippen LogP contribution in [-0.4, -0.2) is 70.4 Å². The summed E-state index contributed by atoms with van der Waals surface area (Å²) in [4.78, 5) is 31.9. The SMILES string of the molecule is Nc1nc(N)c2c(n1)NCC(CN(CCc1ccc(O)c(O)c1)Cc1cnc3nc(N)nc(N)c3n1)=N2. The summed E-state index contributed by atoms with van der Waals surface area (Å²) in [5, 5.41) is 22.7. The zero-order chi connectivity index (χ0) is 26.1. The third-order valence-electron chi connectivity index (χ3n) is 5.71. The molecule has 0 bridgehead atoms. The monoisotopic (exact) mass is 503 g/mol. The molecule has 0 radical (unpaired) electrons. The van der Waals surface area contributed by atoms with Gasteiger partial charge in [-0.2, -0.15) is 19.9 Å². The number of fused-ring (bicyclic) bond motifs is 2. The summed E-state index contributed by atoms with van der Waals surface area (Å²) in [6.07, 6.45) is 2.19. The number of nitrogens with two attached hydrogens (primary N) is 4. The van der Waals surface area contributed by atoms with Crippen LogP contribution < -0.4 is 28.3 Å². The predicted molar refractivity (Wildman–Crippen MR) is 139 cm³/mol. The number of aliphatic imine (C=N–C) groups is 1. The van der Waals surface area contributed by atoms with Gasteiger partial charge in [0.25, 0.3) is 0 Å². The number of anilines is 5. The molecule has 11 N–H and O–H groups in total. The van der Waals surface area contributed by atoms with Crippen LogP contribution >= 0.6 is 0 Å². The largest absolute Gasteiger partial charge is 0.504 e. The molecule has 1 aromatic carbocycles. The first-order valence-electron chi connectivity index (χ1n) is 11.3. The summed E-state index contributed by atoms with van der Waals surface area (Å²) in [5.74, 6) is 0.569. The fourth-order valence-corrected chi connectivity index (χ4v) is 3.97. The first kappa shape index (κ1) is 23.7. The highest BCUT2D eigenvalue weighted by atomic mass is 16.3. The van der Waals surface area contributed by atoms with E-state index in [0.717, 1.165) is 11.3 Å².